The van der Waals surface area contributed by atoms with Gasteiger partial charge in [-0.15, -0.1) is 0 Å². The lowest BCUT2D eigenvalue weighted by atomic mass is 9.85. The lowest BCUT2D eigenvalue weighted by Crippen LogP contribution is -2.47. The van der Waals surface area contributed by atoms with Crippen LogP contribution in [0.25, 0.3) is 0 Å². The third kappa shape index (κ3) is 1.98. The van der Waals surface area contributed by atoms with Gasteiger partial charge in [0.2, 0.25) is 0 Å². The smallest absolute Gasteiger partial charge is 0.322 e. The Labute approximate surface area is 76.5 Å². The van der Waals surface area contributed by atoms with Gasteiger partial charge in [0.1, 0.15) is 6.04 Å². The lowest BCUT2D eigenvalue weighted by molar-refractivity contribution is -0.124. The maximum atomic E-state index is 11.1. The molecular formula is C8H14N2O3. The number of amides is 3. The molecule has 0 radical (unpaired) electrons. The SMILES string of the molecule is CC(C)(C)C(O)C1NC(=O)NC1=O. The molecule has 3 N–H and O–H groups in total. The van der Waals surface area contributed by atoms with Crippen LogP contribution in [0.15, 0.2) is 0 Å². The quantitative estimate of drug-likeness (QED) is 0.488. The van der Waals surface area contributed by atoms with Gasteiger partial charge < -0.3 is 10.4 Å². The highest BCUT2D eigenvalue weighted by Crippen LogP contribution is 2.22. The van der Waals surface area contributed by atoms with E-state index in [9.17, 15) is 14.7 Å². The molecule has 0 aromatic rings. The number of aliphatic hydroxyl groups is 1. The van der Waals surface area contributed by atoms with Crippen LogP contribution in [0, 0.1) is 5.41 Å². The molecule has 2 atom stereocenters. The summed E-state index contributed by atoms with van der Waals surface area (Å²) in [6.45, 7) is 5.40. The number of rotatable bonds is 1. The minimum absolute atomic E-state index is 0.431. The first kappa shape index (κ1) is 9.98. The molecule has 0 bridgehead atoms. The topological polar surface area (TPSA) is 78.4 Å². The third-order valence-electron chi connectivity index (χ3n) is 2.01. The van der Waals surface area contributed by atoms with E-state index in [1.807, 2.05) is 0 Å². The zero-order valence-corrected chi connectivity index (χ0v) is 7.92. The van der Waals surface area contributed by atoms with Gasteiger partial charge in [-0.2, -0.15) is 0 Å². The summed E-state index contributed by atoms with van der Waals surface area (Å²) in [5.41, 5.74) is -0.431. The largest absolute Gasteiger partial charge is 0.390 e. The van der Waals surface area contributed by atoms with Crippen molar-refractivity contribution < 1.29 is 14.7 Å². The van der Waals surface area contributed by atoms with Crippen molar-refractivity contribution in [2.45, 2.75) is 32.9 Å². The normalized spacial score (nSPS) is 25.4. The molecule has 1 rings (SSSR count). The highest BCUT2D eigenvalue weighted by atomic mass is 16.3. The van der Waals surface area contributed by atoms with Crippen molar-refractivity contribution >= 4 is 11.9 Å². The Bertz CT molecular complexity index is 244. The van der Waals surface area contributed by atoms with Crippen molar-refractivity contribution in [1.82, 2.24) is 10.6 Å². The van der Waals surface area contributed by atoms with Crippen LogP contribution in [0.4, 0.5) is 4.79 Å². The summed E-state index contributed by atoms with van der Waals surface area (Å²) in [5.74, 6) is -0.465. The van der Waals surface area contributed by atoms with E-state index < -0.39 is 29.5 Å². The van der Waals surface area contributed by atoms with Gasteiger partial charge in [0, 0.05) is 0 Å². The van der Waals surface area contributed by atoms with E-state index in [0.717, 1.165) is 0 Å². The molecule has 2 unspecified atom stereocenters. The lowest BCUT2D eigenvalue weighted by Gasteiger charge is -2.28. The predicted molar refractivity (Wildman–Crippen MR) is 45.9 cm³/mol. The van der Waals surface area contributed by atoms with Gasteiger partial charge in [-0.1, -0.05) is 20.8 Å². The Hall–Kier alpha value is -1.10. The molecule has 13 heavy (non-hydrogen) atoms. The molecule has 0 spiro atoms. The van der Waals surface area contributed by atoms with E-state index in [4.69, 9.17) is 0 Å². The molecule has 1 heterocycles. The molecule has 0 aromatic carbocycles. The van der Waals surface area contributed by atoms with Crippen molar-refractivity contribution in [2.24, 2.45) is 5.41 Å². The average molecular weight is 186 g/mol. The Kier molecular flexibility index (Phi) is 2.30. The first-order valence-corrected chi connectivity index (χ1v) is 4.12. The number of imide groups is 1. The fourth-order valence-corrected chi connectivity index (χ4v) is 1.15. The number of urea groups is 1. The fourth-order valence-electron chi connectivity index (χ4n) is 1.15. The summed E-state index contributed by atoms with van der Waals surface area (Å²) in [5, 5.41) is 14.1. The number of carbonyl (C=O) groups is 2. The van der Waals surface area contributed by atoms with Gasteiger partial charge in [-0.25, -0.2) is 4.79 Å². The van der Waals surface area contributed by atoms with Crippen molar-refractivity contribution in [3.8, 4) is 0 Å². The van der Waals surface area contributed by atoms with Crippen LogP contribution >= 0.6 is 0 Å². The molecular weight excluding hydrogens is 172 g/mol. The summed E-state index contributed by atoms with van der Waals surface area (Å²) in [7, 11) is 0. The molecule has 5 heteroatoms. The second kappa shape index (κ2) is 2.99. The van der Waals surface area contributed by atoms with E-state index in [2.05, 4.69) is 10.6 Å². The molecule has 1 saturated heterocycles. The first-order valence-electron chi connectivity index (χ1n) is 4.12. The molecule has 5 nitrogen and oxygen atoms in total. The summed E-state index contributed by atoms with van der Waals surface area (Å²) < 4.78 is 0. The van der Waals surface area contributed by atoms with Crippen LogP contribution < -0.4 is 10.6 Å². The van der Waals surface area contributed by atoms with Gasteiger partial charge in [-0.3, -0.25) is 10.1 Å². The molecule has 74 valence electrons. The van der Waals surface area contributed by atoms with Crippen LogP contribution in [0.5, 0.6) is 0 Å². The van der Waals surface area contributed by atoms with Crippen molar-refractivity contribution in [3.63, 3.8) is 0 Å². The Morgan fingerprint density at radius 3 is 2.23 bits per heavy atom. The van der Waals surface area contributed by atoms with Crippen LogP contribution in [0.3, 0.4) is 0 Å². The highest BCUT2D eigenvalue weighted by molar-refractivity contribution is 6.04. The third-order valence-corrected chi connectivity index (χ3v) is 2.01. The second-order valence-corrected chi connectivity index (χ2v) is 4.25. The fraction of sp³-hybridized carbons (Fsp3) is 0.750. The first-order chi connectivity index (χ1) is 5.82. The van der Waals surface area contributed by atoms with Crippen molar-refractivity contribution in [1.29, 1.82) is 0 Å². The van der Waals surface area contributed by atoms with Crippen LogP contribution in [0.2, 0.25) is 0 Å². The van der Waals surface area contributed by atoms with Crippen molar-refractivity contribution in [3.05, 3.63) is 0 Å². The number of hydrogen-bond acceptors (Lipinski definition) is 3. The predicted octanol–water partition coefficient (Wildman–Crippen LogP) is -0.399. The zero-order chi connectivity index (χ0) is 10.2. The van der Waals surface area contributed by atoms with E-state index >= 15 is 0 Å². The number of nitrogens with one attached hydrogen (secondary N) is 2. The second-order valence-electron chi connectivity index (χ2n) is 4.25. The summed E-state index contributed by atoms with van der Waals surface area (Å²) >= 11 is 0. The van der Waals surface area contributed by atoms with Gasteiger partial charge in [0.05, 0.1) is 6.10 Å². The summed E-state index contributed by atoms with van der Waals surface area (Å²) in [6, 6.07) is -1.37. The molecule has 0 saturated carbocycles. The Morgan fingerprint density at radius 1 is 1.38 bits per heavy atom. The van der Waals surface area contributed by atoms with Gasteiger partial charge in [-0.05, 0) is 5.41 Å². The molecule has 1 fully saturated rings. The van der Waals surface area contributed by atoms with E-state index in [-0.39, 0.29) is 0 Å². The van der Waals surface area contributed by atoms with Crippen LogP contribution in [-0.2, 0) is 4.79 Å². The average Bonchev–Trinajstić information content (AvgIpc) is 2.26. The van der Waals surface area contributed by atoms with Crippen LogP contribution in [0.1, 0.15) is 20.8 Å². The molecule has 1 aliphatic heterocycles. The van der Waals surface area contributed by atoms with E-state index in [1.54, 1.807) is 20.8 Å². The van der Waals surface area contributed by atoms with E-state index in [0.29, 0.717) is 0 Å². The highest BCUT2D eigenvalue weighted by Gasteiger charge is 2.40. The standard InChI is InChI=1S/C8H14N2O3/c1-8(2,3)5(11)4-6(12)10-7(13)9-4/h4-5,11H,1-3H3,(H2,9,10,12,13). The maximum absolute atomic E-state index is 11.1. The van der Waals surface area contributed by atoms with Gasteiger partial charge in [0.25, 0.3) is 5.91 Å². The Morgan fingerprint density at radius 2 is 1.92 bits per heavy atom. The molecule has 0 aliphatic carbocycles. The minimum Gasteiger partial charge on any atom is -0.390 e. The Balaban J connectivity index is 2.73. The number of carbonyl (C=O) groups excluding carboxylic acids is 2. The number of aliphatic hydroxyl groups excluding tert-OH is 1. The summed E-state index contributed by atoms with van der Waals surface area (Å²) in [4.78, 5) is 21.9. The maximum Gasteiger partial charge on any atom is 0.322 e. The zero-order valence-electron chi connectivity index (χ0n) is 7.92. The van der Waals surface area contributed by atoms with Crippen LogP contribution in [-0.4, -0.2) is 29.2 Å². The summed E-state index contributed by atoms with van der Waals surface area (Å²) in [6.07, 6.45) is -0.876. The molecule has 1 aliphatic rings. The molecule has 3 amide bonds. The number of hydrogen-bond donors (Lipinski definition) is 3. The van der Waals surface area contributed by atoms with Crippen molar-refractivity contribution in [2.75, 3.05) is 0 Å². The van der Waals surface area contributed by atoms with Gasteiger partial charge in [0.15, 0.2) is 0 Å². The monoisotopic (exact) mass is 186 g/mol. The van der Waals surface area contributed by atoms with E-state index in [1.165, 1.54) is 0 Å². The van der Waals surface area contributed by atoms with Gasteiger partial charge >= 0.3 is 6.03 Å². The minimum atomic E-state index is -0.876. The molecule has 0 aromatic heterocycles.